The minimum absolute atomic E-state index is 0.0662. The second-order valence-corrected chi connectivity index (χ2v) is 11.7. The summed E-state index contributed by atoms with van der Waals surface area (Å²) in [5.41, 5.74) is 0. The summed E-state index contributed by atoms with van der Waals surface area (Å²) in [6, 6.07) is -0.600. The summed E-state index contributed by atoms with van der Waals surface area (Å²) < 4.78 is 5.12. The highest BCUT2D eigenvalue weighted by Crippen LogP contribution is 2.29. The molecule has 9 nitrogen and oxygen atoms in total. The lowest BCUT2D eigenvalue weighted by molar-refractivity contribution is -0.146. The van der Waals surface area contributed by atoms with Gasteiger partial charge < -0.3 is 20.3 Å². The molecule has 2 N–H and O–H groups in total. The number of hydrogen-bond acceptors (Lipinski definition) is 8. The van der Waals surface area contributed by atoms with Gasteiger partial charge in [-0.3, -0.25) is 24.0 Å². The minimum Gasteiger partial charge on any atom is -0.465 e. The highest BCUT2D eigenvalue weighted by molar-refractivity contribution is 8.76. The standard InChI is InChI=1S/C23H41N3O6S2/c1-15(2)22(30)18(6)25-20(28)14-26(7)21(29)10-11-24-19(27)9-8-17(5)34-33-13-12-32-23(31)16(3)4/h15-18H,8-14H2,1-7H3,(H,24,27)(H,25,28)/t17?,18-/m0/s1. The lowest BCUT2D eigenvalue weighted by Crippen LogP contribution is -2.45. The maximum Gasteiger partial charge on any atom is 0.308 e. The fourth-order valence-electron chi connectivity index (χ4n) is 2.64. The third-order valence-electron chi connectivity index (χ3n) is 4.73. The number of Topliss-reactive ketones (excluding diaryl/α,β-unsaturated/α-hetero) is 1. The van der Waals surface area contributed by atoms with Crippen molar-refractivity contribution in [2.45, 2.75) is 72.1 Å². The monoisotopic (exact) mass is 519 g/mol. The molecule has 11 heteroatoms. The molecule has 0 bridgehead atoms. The summed E-state index contributed by atoms with van der Waals surface area (Å²) in [7, 11) is 4.77. The number of carbonyl (C=O) groups is 5. The summed E-state index contributed by atoms with van der Waals surface area (Å²) in [6.45, 7) is 11.2. The van der Waals surface area contributed by atoms with E-state index in [4.69, 9.17) is 4.74 Å². The number of amides is 3. The molecule has 0 aliphatic carbocycles. The predicted molar refractivity (Wildman–Crippen MR) is 137 cm³/mol. The third kappa shape index (κ3) is 15.2. The second kappa shape index (κ2) is 17.7. The number of hydrogen-bond donors (Lipinski definition) is 2. The van der Waals surface area contributed by atoms with Crippen LogP contribution in [0.1, 0.15) is 60.8 Å². The van der Waals surface area contributed by atoms with Gasteiger partial charge in [-0.25, -0.2) is 0 Å². The molecule has 3 amide bonds. The van der Waals surface area contributed by atoms with E-state index in [0.717, 1.165) is 0 Å². The second-order valence-electron chi connectivity index (χ2n) is 8.79. The number of esters is 1. The fourth-order valence-corrected chi connectivity index (χ4v) is 4.81. The van der Waals surface area contributed by atoms with E-state index in [0.29, 0.717) is 25.2 Å². The van der Waals surface area contributed by atoms with Crippen molar-refractivity contribution in [3.8, 4) is 0 Å². The molecule has 196 valence electrons. The van der Waals surface area contributed by atoms with Crippen LogP contribution in [0.5, 0.6) is 0 Å². The zero-order chi connectivity index (χ0) is 26.3. The van der Waals surface area contributed by atoms with E-state index in [-0.39, 0.29) is 60.2 Å². The first-order valence-corrected chi connectivity index (χ1v) is 14.0. The Kier molecular flexibility index (Phi) is 16.7. The molecule has 0 aromatic heterocycles. The summed E-state index contributed by atoms with van der Waals surface area (Å²) >= 11 is 0. The van der Waals surface area contributed by atoms with Crippen molar-refractivity contribution in [2.75, 3.05) is 32.5 Å². The van der Waals surface area contributed by atoms with Crippen molar-refractivity contribution >= 4 is 51.1 Å². The van der Waals surface area contributed by atoms with Crippen LogP contribution in [-0.4, -0.2) is 78.2 Å². The molecule has 0 fully saturated rings. The van der Waals surface area contributed by atoms with Crippen LogP contribution in [0.25, 0.3) is 0 Å². The highest BCUT2D eigenvalue weighted by Gasteiger charge is 2.20. The third-order valence-corrected chi connectivity index (χ3v) is 7.66. The molecule has 0 aliphatic rings. The Bertz CT molecular complexity index is 688. The molecular formula is C23H41N3O6S2. The molecule has 1 unspecified atom stereocenters. The van der Waals surface area contributed by atoms with E-state index in [1.165, 1.54) is 11.9 Å². The molecule has 0 aliphatic heterocycles. The van der Waals surface area contributed by atoms with E-state index in [1.807, 2.05) is 6.92 Å². The number of ketones is 1. The Balaban J connectivity index is 3.98. The van der Waals surface area contributed by atoms with Gasteiger partial charge in [0.25, 0.3) is 0 Å². The van der Waals surface area contributed by atoms with Crippen LogP contribution in [-0.2, 0) is 28.7 Å². The Morgan fingerprint density at radius 3 is 2.15 bits per heavy atom. The van der Waals surface area contributed by atoms with Gasteiger partial charge >= 0.3 is 5.97 Å². The van der Waals surface area contributed by atoms with E-state index >= 15 is 0 Å². The zero-order valence-electron chi connectivity index (χ0n) is 21.5. The first kappa shape index (κ1) is 32.2. The van der Waals surface area contributed by atoms with Gasteiger partial charge in [0, 0.05) is 43.4 Å². The van der Waals surface area contributed by atoms with Crippen LogP contribution in [0.2, 0.25) is 0 Å². The number of nitrogens with zero attached hydrogens (tertiary/aromatic N) is 1. The number of nitrogens with one attached hydrogen (secondary N) is 2. The highest BCUT2D eigenvalue weighted by atomic mass is 33.1. The van der Waals surface area contributed by atoms with Crippen LogP contribution < -0.4 is 10.6 Å². The number of rotatable bonds is 17. The average molecular weight is 520 g/mol. The smallest absolute Gasteiger partial charge is 0.308 e. The van der Waals surface area contributed by atoms with Gasteiger partial charge in [-0.05, 0) is 13.3 Å². The molecule has 0 aromatic rings. The largest absolute Gasteiger partial charge is 0.465 e. The maximum atomic E-state index is 12.2. The van der Waals surface area contributed by atoms with E-state index in [9.17, 15) is 24.0 Å². The fraction of sp³-hybridized carbons (Fsp3) is 0.783. The number of likely N-dealkylation sites (N-methyl/N-ethyl adjacent to an activating group) is 1. The molecule has 0 rings (SSSR count). The first-order chi connectivity index (χ1) is 15.8. The minimum atomic E-state index is -0.600. The molecule has 0 spiro atoms. The SMILES string of the molecule is CC(CCC(=O)NCCC(=O)N(C)CC(=O)N[C@@H](C)C(=O)C(C)C)SSCCOC(=O)C(C)C. The lowest BCUT2D eigenvalue weighted by atomic mass is 10.0. The molecule has 34 heavy (non-hydrogen) atoms. The quantitative estimate of drug-likeness (QED) is 0.171. The topological polar surface area (TPSA) is 122 Å². The van der Waals surface area contributed by atoms with Crippen LogP contribution >= 0.6 is 21.6 Å². The first-order valence-electron chi connectivity index (χ1n) is 11.6. The zero-order valence-corrected chi connectivity index (χ0v) is 23.1. The Hall–Kier alpha value is -1.75. The van der Waals surface area contributed by atoms with Gasteiger partial charge in [0.1, 0.15) is 6.61 Å². The molecule has 0 saturated heterocycles. The van der Waals surface area contributed by atoms with Crippen LogP contribution in [0.3, 0.4) is 0 Å². The van der Waals surface area contributed by atoms with Crippen molar-refractivity contribution in [3.63, 3.8) is 0 Å². The molecule has 0 saturated carbocycles. The van der Waals surface area contributed by atoms with Gasteiger partial charge in [-0.1, -0.05) is 56.2 Å². The molecule has 2 atom stereocenters. The van der Waals surface area contributed by atoms with Crippen LogP contribution in [0.15, 0.2) is 0 Å². The lowest BCUT2D eigenvalue weighted by Gasteiger charge is -2.19. The van der Waals surface area contributed by atoms with Crippen molar-refractivity contribution in [1.82, 2.24) is 15.5 Å². The van der Waals surface area contributed by atoms with Crippen molar-refractivity contribution in [3.05, 3.63) is 0 Å². The van der Waals surface area contributed by atoms with Crippen LogP contribution in [0.4, 0.5) is 0 Å². The number of carbonyl (C=O) groups excluding carboxylic acids is 5. The van der Waals surface area contributed by atoms with Gasteiger partial charge in [-0.2, -0.15) is 0 Å². The van der Waals surface area contributed by atoms with E-state index in [1.54, 1.807) is 56.2 Å². The van der Waals surface area contributed by atoms with Crippen molar-refractivity contribution in [2.24, 2.45) is 11.8 Å². The summed E-state index contributed by atoms with van der Waals surface area (Å²) in [6.07, 6.45) is 1.13. The van der Waals surface area contributed by atoms with Gasteiger partial charge in [0.05, 0.1) is 18.5 Å². The Morgan fingerprint density at radius 2 is 1.56 bits per heavy atom. The summed E-state index contributed by atoms with van der Waals surface area (Å²) in [4.78, 5) is 60.8. The molecule has 0 heterocycles. The van der Waals surface area contributed by atoms with Crippen molar-refractivity contribution < 1.29 is 28.7 Å². The van der Waals surface area contributed by atoms with Gasteiger partial charge in [0.2, 0.25) is 17.7 Å². The predicted octanol–water partition coefficient (Wildman–Crippen LogP) is 2.43. The summed E-state index contributed by atoms with van der Waals surface area (Å²) in [5, 5.41) is 5.59. The van der Waals surface area contributed by atoms with E-state index in [2.05, 4.69) is 10.6 Å². The number of ether oxygens (including phenoxy) is 1. The maximum absolute atomic E-state index is 12.2. The molecule has 0 aromatic carbocycles. The Morgan fingerprint density at radius 1 is 0.912 bits per heavy atom. The molecule has 0 radical (unpaired) electrons. The average Bonchev–Trinajstić information content (AvgIpc) is 2.76. The van der Waals surface area contributed by atoms with Crippen molar-refractivity contribution in [1.29, 1.82) is 0 Å². The normalized spacial score (nSPS) is 12.7. The van der Waals surface area contributed by atoms with E-state index < -0.39 is 11.9 Å². The van der Waals surface area contributed by atoms with Gasteiger partial charge in [0.15, 0.2) is 5.78 Å². The van der Waals surface area contributed by atoms with Gasteiger partial charge in [-0.15, -0.1) is 0 Å². The van der Waals surface area contributed by atoms with Crippen LogP contribution in [0, 0.1) is 11.8 Å². The molecular weight excluding hydrogens is 478 g/mol. The Labute approximate surface area is 211 Å². The summed E-state index contributed by atoms with van der Waals surface area (Å²) in [5.74, 6) is -0.668.